The highest BCUT2D eigenvalue weighted by Crippen LogP contribution is 2.34. The molecule has 0 atom stereocenters. The second kappa shape index (κ2) is 11.9. The van der Waals surface area contributed by atoms with Crippen LogP contribution in [-0.4, -0.2) is 55.7 Å². The van der Waals surface area contributed by atoms with Crippen molar-refractivity contribution in [2.24, 2.45) is 0 Å². The molecule has 1 aromatic heterocycles. The van der Waals surface area contributed by atoms with Crippen molar-refractivity contribution in [3.63, 3.8) is 0 Å². The number of methoxy groups -OCH3 is 2. The van der Waals surface area contributed by atoms with Gasteiger partial charge in [-0.25, -0.2) is 14.4 Å². The minimum Gasteiger partial charge on any atom is -0.493 e. The van der Waals surface area contributed by atoms with Crippen LogP contribution in [0.1, 0.15) is 41.3 Å². The minimum absolute atomic E-state index is 0.0329. The van der Waals surface area contributed by atoms with Crippen LogP contribution in [0.4, 0.5) is 4.79 Å². The van der Waals surface area contributed by atoms with Crippen molar-refractivity contribution in [1.29, 1.82) is 0 Å². The van der Waals surface area contributed by atoms with E-state index in [9.17, 15) is 19.2 Å². The normalized spacial score (nSPS) is 14.1. The maximum atomic E-state index is 12.9. The van der Waals surface area contributed by atoms with Crippen molar-refractivity contribution in [2.45, 2.75) is 32.9 Å². The molecule has 1 aromatic carbocycles. The molecule has 1 aliphatic heterocycles. The number of nitrogens with one attached hydrogen (secondary N) is 1. The number of carbonyl (C=O) groups excluding carboxylic acids is 4. The summed E-state index contributed by atoms with van der Waals surface area (Å²) in [5.41, 5.74) is 1.23. The molecule has 11 heteroatoms. The molecule has 0 spiro atoms. The number of hydrogen-bond donors (Lipinski definition) is 1. The first kappa shape index (κ1) is 27.1. The monoisotopic (exact) mass is 512 g/mol. The van der Waals surface area contributed by atoms with Gasteiger partial charge in [0.05, 0.1) is 26.9 Å². The lowest BCUT2D eigenvalue weighted by atomic mass is 10.0. The van der Waals surface area contributed by atoms with Crippen molar-refractivity contribution in [3.05, 3.63) is 65.3 Å². The number of hydrogen-bond acceptors (Lipinski definition) is 9. The Balaban J connectivity index is 1.83. The number of nitrogens with zero attached hydrogens (tertiary/aromatic N) is 1. The molecule has 1 aliphatic rings. The van der Waals surface area contributed by atoms with Gasteiger partial charge in [-0.05, 0) is 56.2 Å². The van der Waals surface area contributed by atoms with Crippen LogP contribution in [0, 0.1) is 0 Å². The Morgan fingerprint density at radius 3 is 2.59 bits per heavy atom. The lowest BCUT2D eigenvalue weighted by molar-refractivity contribution is -0.149. The summed E-state index contributed by atoms with van der Waals surface area (Å²) >= 11 is 0. The first-order valence-electron chi connectivity index (χ1n) is 11.3. The van der Waals surface area contributed by atoms with Crippen molar-refractivity contribution < 1.29 is 42.5 Å². The zero-order valence-electron chi connectivity index (χ0n) is 21.0. The summed E-state index contributed by atoms with van der Waals surface area (Å²) in [6.07, 6.45) is 3.26. The summed E-state index contributed by atoms with van der Waals surface area (Å²) in [4.78, 5) is 49.9. The molecule has 196 valence electrons. The Morgan fingerprint density at radius 1 is 1.19 bits per heavy atom. The van der Waals surface area contributed by atoms with Gasteiger partial charge in [0.15, 0.2) is 18.1 Å². The van der Waals surface area contributed by atoms with E-state index < -0.39 is 23.9 Å². The van der Waals surface area contributed by atoms with Gasteiger partial charge in [0.2, 0.25) is 5.76 Å². The van der Waals surface area contributed by atoms with Crippen LogP contribution in [0.15, 0.2) is 47.0 Å². The minimum atomic E-state index is -0.669. The van der Waals surface area contributed by atoms with E-state index in [-0.39, 0.29) is 36.5 Å². The quantitative estimate of drug-likeness (QED) is 0.208. The molecule has 2 aromatic rings. The third-order valence-electron chi connectivity index (χ3n) is 5.08. The van der Waals surface area contributed by atoms with Crippen LogP contribution >= 0.6 is 0 Å². The number of allylic oxidation sites excluding steroid dienone is 1. The van der Waals surface area contributed by atoms with Gasteiger partial charge in [0.1, 0.15) is 11.5 Å². The fourth-order valence-electron chi connectivity index (χ4n) is 3.53. The lowest BCUT2D eigenvalue weighted by Crippen LogP contribution is -2.30. The summed E-state index contributed by atoms with van der Waals surface area (Å²) in [5.74, 6) is -0.919. The summed E-state index contributed by atoms with van der Waals surface area (Å²) in [5, 5.41) is 2.54. The first-order valence-corrected chi connectivity index (χ1v) is 11.3. The molecular formula is C26H28N2O9. The van der Waals surface area contributed by atoms with Gasteiger partial charge >= 0.3 is 18.0 Å². The molecule has 0 bridgehead atoms. The molecular weight excluding hydrogens is 484 g/mol. The third-order valence-corrected chi connectivity index (χ3v) is 5.08. The van der Waals surface area contributed by atoms with E-state index in [2.05, 4.69) is 16.6 Å². The van der Waals surface area contributed by atoms with E-state index in [1.807, 2.05) is 0 Å². The molecule has 3 rings (SSSR count). The molecule has 3 amide bonds. The maximum absolute atomic E-state index is 12.9. The Bertz CT molecular complexity index is 1240. The molecule has 0 aliphatic carbocycles. The second-order valence-corrected chi connectivity index (χ2v) is 8.17. The van der Waals surface area contributed by atoms with Crippen molar-refractivity contribution >= 4 is 30.0 Å². The van der Waals surface area contributed by atoms with E-state index in [0.717, 1.165) is 4.90 Å². The van der Waals surface area contributed by atoms with Crippen molar-refractivity contribution in [1.82, 2.24) is 10.2 Å². The standard InChI is InChI=1S/C26H28N2O9/c1-6-7-17-10-16(12-21(33-4)23(17)35-14-22(29)36-15(2)3)11-19-24(30)28(26(32)27-19)13-18-8-9-20(37-18)25(31)34-5/h6,8-12,15H,1,7,13-14H2,2-5H3,(H,27,32)/b19-11-. The first-order chi connectivity index (χ1) is 17.7. The predicted molar refractivity (Wildman–Crippen MR) is 131 cm³/mol. The molecule has 37 heavy (non-hydrogen) atoms. The number of carbonyl (C=O) groups is 4. The smallest absolute Gasteiger partial charge is 0.373 e. The highest BCUT2D eigenvalue weighted by atomic mass is 16.6. The number of benzene rings is 1. The molecule has 11 nitrogen and oxygen atoms in total. The van der Waals surface area contributed by atoms with Crippen LogP contribution in [0.25, 0.3) is 6.08 Å². The SMILES string of the molecule is C=CCc1cc(/C=C2\NC(=O)N(Cc3ccc(C(=O)OC)o3)C2=O)cc(OC)c1OCC(=O)OC(C)C. The number of furan rings is 1. The van der Waals surface area contributed by atoms with Crippen LogP contribution in [0.2, 0.25) is 0 Å². The number of esters is 2. The zero-order valence-corrected chi connectivity index (χ0v) is 21.0. The topological polar surface area (TPSA) is 134 Å². The lowest BCUT2D eigenvalue weighted by Gasteiger charge is -2.16. The molecule has 1 fully saturated rings. The zero-order chi connectivity index (χ0) is 27.1. The Morgan fingerprint density at radius 2 is 1.95 bits per heavy atom. The van der Waals surface area contributed by atoms with Crippen molar-refractivity contribution in [2.75, 3.05) is 20.8 Å². The Kier molecular flexibility index (Phi) is 8.72. The van der Waals surface area contributed by atoms with E-state index in [1.54, 1.807) is 32.1 Å². The second-order valence-electron chi connectivity index (χ2n) is 8.17. The van der Waals surface area contributed by atoms with Crippen LogP contribution in [0.5, 0.6) is 11.5 Å². The van der Waals surface area contributed by atoms with Gasteiger partial charge in [-0.15, -0.1) is 6.58 Å². The predicted octanol–water partition coefficient (Wildman–Crippen LogP) is 3.23. The van der Waals surface area contributed by atoms with Gasteiger partial charge in [-0.2, -0.15) is 0 Å². The highest BCUT2D eigenvalue weighted by molar-refractivity contribution is 6.13. The molecule has 0 radical (unpaired) electrons. The average Bonchev–Trinajstić information content (AvgIpc) is 3.42. The fraction of sp³-hybridized carbons (Fsp3) is 0.308. The highest BCUT2D eigenvalue weighted by Gasteiger charge is 2.34. The maximum Gasteiger partial charge on any atom is 0.373 e. The van der Waals surface area contributed by atoms with E-state index >= 15 is 0 Å². The molecule has 1 N–H and O–H groups in total. The van der Waals surface area contributed by atoms with Gasteiger partial charge in [-0.1, -0.05) is 6.08 Å². The van der Waals surface area contributed by atoms with E-state index in [0.29, 0.717) is 29.0 Å². The summed E-state index contributed by atoms with van der Waals surface area (Å²) < 4.78 is 26.2. The van der Waals surface area contributed by atoms with E-state index in [4.69, 9.17) is 18.6 Å². The number of imide groups is 1. The summed E-state index contributed by atoms with van der Waals surface area (Å²) in [7, 11) is 2.66. The number of rotatable bonds is 11. The van der Waals surface area contributed by atoms with Gasteiger partial charge < -0.3 is 28.7 Å². The van der Waals surface area contributed by atoms with E-state index in [1.165, 1.54) is 32.4 Å². The van der Waals surface area contributed by atoms with Crippen LogP contribution in [-0.2, 0) is 32.0 Å². The molecule has 2 heterocycles. The molecule has 0 unspecified atom stereocenters. The average molecular weight is 513 g/mol. The Hall–Kier alpha value is -4.54. The number of ether oxygens (including phenoxy) is 4. The van der Waals surface area contributed by atoms with Crippen LogP contribution in [0.3, 0.4) is 0 Å². The van der Waals surface area contributed by atoms with Gasteiger partial charge in [0.25, 0.3) is 5.91 Å². The van der Waals surface area contributed by atoms with Gasteiger partial charge in [0, 0.05) is 5.56 Å². The fourth-order valence-corrected chi connectivity index (χ4v) is 3.53. The number of amides is 3. The molecule has 1 saturated heterocycles. The largest absolute Gasteiger partial charge is 0.493 e. The Labute approximate surface area is 213 Å². The van der Waals surface area contributed by atoms with Crippen molar-refractivity contribution in [3.8, 4) is 11.5 Å². The molecule has 0 saturated carbocycles. The summed E-state index contributed by atoms with van der Waals surface area (Å²) in [6, 6.07) is 5.58. The van der Waals surface area contributed by atoms with Crippen LogP contribution < -0.4 is 14.8 Å². The number of urea groups is 1. The summed E-state index contributed by atoms with van der Waals surface area (Å²) in [6.45, 7) is 6.74. The third kappa shape index (κ3) is 6.57. The van der Waals surface area contributed by atoms with Gasteiger partial charge in [-0.3, -0.25) is 9.69 Å².